The molecule has 0 bridgehead atoms. The van der Waals surface area contributed by atoms with Crippen LogP contribution in [0, 0.1) is 0 Å². The van der Waals surface area contributed by atoms with Gasteiger partial charge < -0.3 is 20.1 Å². The van der Waals surface area contributed by atoms with Gasteiger partial charge in [-0.25, -0.2) is 0 Å². The van der Waals surface area contributed by atoms with Crippen LogP contribution in [0.4, 0.5) is 11.4 Å². The number of para-hydroxylation sites is 4. The quantitative estimate of drug-likeness (QED) is 0.882. The highest BCUT2D eigenvalue weighted by Crippen LogP contribution is 2.32. The normalized spacial score (nSPS) is 21.9. The molecular weight excluding hydrogens is 300 g/mol. The van der Waals surface area contributed by atoms with Crippen molar-refractivity contribution < 1.29 is 23.8 Å². The van der Waals surface area contributed by atoms with Crippen molar-refractivity contribution in [2.45, 2.75) is 12.6 Å². The maximum atomic E-state index is 12.0. The Bertz CT molecular complexity index is 726. The van der Waals surface area contributed by atoms with E-state index in [0.29, 0.717) is 22.9 Å². The number of carbonyl (C=O) groups excluding carboxylic acids is 2. The molecule has 0 saturated heterocycles. The first-order valence-corrected chi connectivity index (χ1v) is 6.99. The van der Waals surface area contributed by atoms with E-state index in [1.165, 1.54) is 0 Å². The van der Waals surface area contributed by atoms with Crippen molar-refractivity contribution in [2.24, 2.45) is 0 Å². The van der Waals surface area contributed by atoms with Gasteiger partial charge in [-0.1, -0.05) is 24.3 Å². The third kappa shape index (κ3) is 2.47. The van der Waals surface area contributed by atoms with Crippen molar-refractivity contribution in [1.29, 1.82) is 0 Å². The Kier molecular flexibility index (Phi) is 3.13. The fraction of sp³-hybridized carbons (Fsp3) is 0.125. The van der Waals surface area contributed by atoms with Crippen LogP contribution < -0.4 is 20.1 Å². The summed E-state index contributed by atoms with van der Waals surface area (Å²) in [5.41, 5.74) is 1.11. The summed E-state index contributed by atoms with van der Waals surface area (Å²) in [6.07, 6.45) is -2.54. The minimum Gasteiger partial charge on any atom is -0.453 e. The molecule has 2 aliphatic heterocycles. The number of ether oxygens (including phenoxy) is 3. The molecule has 2 N–H and O–H groups in total. The van der Waals surface area contributed by atoms with Crippen LogP contribution in [0.15, 0.2) is 48.5 Å². The number of hydrogen-bond donors (Lipinski definition) is 2. The lowest BCUT2D eigenvalue weighted by Crippen LogP contribution is -2.47. The zero-order valence-electron chi connectivity index (χ0n) is 11.8. The molecule has 2 heterocycles. The third-order valence-electron chi connectivity index (χ3n) is 3.43. The fourth-order valence-corrected chi connectivity index (χ4v) is 2.36. The van der Waals surface area contributed by atoms with E-state index in [0.717, 1.165) is 0 Å². The predicted molar refractivity (Wildman–Crippen MR) is 80.1 cm³/mol. The molecule has 116 valence electrons. The minimum atomic E-state index is -1.27. The second kappa shape index (κ2) is 5.29. The Balaban J connectivity index is 1.53. The van der Waals surface area contributed by atoms with E-state index < -0.39 is 24.4 Å². The SMILES string of the molecule is O=C1Nc2ccccc2O[C@@H]1O[C@@H]1Oc2ccccc2NC1=O. The van der Waals surface area contributed by atoms with Crippen LogP contribution >= 0.6 is 0 Å². The maximum absolute atomic E-state index is 12.0. The van der Waals surface area contributed by atoms with E-state index in [9.17, 15) is 9.59 Å². The zero-order valence-corrected chi connectivity index (χ0v) is 11.8. The number of benzene rings is 2. The van der Waals surface area contributed by atoms with Gasteiger partial charge in [0.15, 0.2) is 0 Å². The molecule has 7 heteroatoms. The van der Waals surface area contributed by atoms with Gasteiger partial charge >= 0.3 is 0 Å². The van der Waals surface area contributed by atoms with Crippen molar-refractivity contribution in [3.63, 3.8) is 0 Å². The summed E-state index contributed by atoms with van der Waals surface area (Å²) in [6, 6.07) is 13.9. The number of anilines is 2. The van der Waals surface area contributed by atoms with Crippen molar-refractivity contribution in [1.82, 2.24) is 0 Å². The number of fused-ring (bicyclic) bond motifs is 2. The molecule has 4 rings (SSSR count). The first kappa shape index (κ1) is 13.6. The summed E-state index contributed by atoms with van der Waals surface area (Å²) in [7, 11) is 0. The molecule has 0 spiro atoms. The Hall–Kier alpha value is -3.06. The number of rotatable bonds is 2. The monoisotopic (exact) mass is 312 g/mol. The number of carbonyl (C=O) groups is 2. The first-order valence-electron chi connectivity index (χ1n) is 6.99. The molecular formula is C16H12N2O5. The molecule has 0 aromatic heterocycles. The Morgan fingerprint density at radius 1 is 0.739 bits per heavy atom. The van der Waals surface area contributed by atoms with E-state index >= 15 is 0 Å². The number of hydrogen-bond acceptors (Lipinski definition) is 5. The Morgan fingerprint density at radius 3 is 1.65 bits per heavy atom. The van der Waals surface area contributed by atoms with Gasteiger partial charge in [-0.2, -0.15) is 0 Å². The summed E-state index contributed by atoms with van der Waals surface area (Å²) in [5, 5.41) is 5.31. The molecule has 0 unspecified atom stereocenters. The van der Waals surface area contributed by atoms with Crippen LogP contribution in [0.1, 0.15) is 0 Å². The predicted octanol–water partition coefficient (Wildman–Crippen LogP) is 1.72. The number of amides is 2. The summed E-state index contributed by atoms with van der Waals surface area (Å²) < 4.78 is 16.4. The van der Waals surface area contributed by atoms with Gasteiger partial charge in [-0.15, -0.1) is 0 Å². The molecule has 2 amide bonds. The van der Waals surface area contributed by atoms with Gasteiger partial charge in [0.2, 0.25) is 0 Å². The molecule has 0 aliphatic carbocycles. The molecule has 0 radical (unpaired) electrons. The summed E-state index contributed by atoms with van der Waals surface area (Å²) >= 11 is 0. The van der Waals surface area contributed by atoms with Crippen LogP contribution in [-0.2, 0) is 14.3 Å². The van der Waals surface area contributed by atoms with Crippen LogP contribution in [0.3, 0.4) is 0 Å². The van der Waals surface area contributed by atoms with Gasteiger partial charge in [-0.05, 0) is 24.3 Å². The van der Waals surface area contributed by atoms with Crippen molar-refractivity contribution in [2.75, 3.05) is 10.6 Å². The van der Waals surface area contributed by atoms with E-state index in [-0.39, 0.29) is 0 Å². The Labute approximate surface area is 131 Å². The van der Waals surface area contributed by atoms with Crippen LogP contribution in [-0.4, -0.2) is 24.4 Å². The molecule has 7 nitrogen and oxygen atoms in total. The van der Waals surface area contributed by atoms with Crippen molar-refractivity contribution >= 4 is 23.2 Å². The van der Waals surface area contributed by atoms with E-state index in [4.69, 9.17) is 14.2 Å². The topological polar surface area (TPSA) is 85.9 Å². The maximum Gasteiger partial charge on any atom is 0.294 e. The largest absolute Gasteiger partial charge is 0.453 e. The standard InChI is InChI=1S/C16H12N2O5/c19-13-15(21-11-7-3-1-5-9(11)17-13)23-16-14(20)18-10-6-2-4-8-12(10)22-16/h1-8,15-16H,(H,17,19)(H,18,20)/t15-,16+. The average Bonchev–Trinajstić information content (AvgIpc) is 2.56. The summed E-state index contributed by atoms with van der Waals surface area (Å²) in [5.74, 6) is -0.0691. The minimum absolute atomic E-state index is 0.466. The highest BCUT2D eigenvalue weighted by atomic mass is 16.8. The average molecular weight is 312 g/mol. The Morgan fingerprint density at radius 2 is 1.17 bits per heavy atom. The van der Waals surface area contributed by atoms with E-state index in [2.05, 4.69) is 10.6 Å². The lowest BCUT2D eigenvalue weighted by molar-refractivity contribution is -0.193. The van der Waals surface area contributed by atoms with Crippen LogP contribution in [0.25, 0.3) is 0 Å². The fourth-order valence-electron chi connectivity index (χ4n) is 2.36. The van der Waals surface area contributed by atoms with Crippen molar-refractivity contribution in [3.05, 3.63) is 48.5 Å². The number of nitrogens with one attached hydrogen (secondary N) is 2. The van der Waals surface area contributed by atoms with Crippen LogP contribution in [0.5, 0.6) is 11.5 Å². The lowest BCUT2D eigenvalue weighted by atomic mass is 10.2. The van der Waals surface area contributed by atoms with Gasteiger partial charge in [0.1, 0.15) is 11.5 Å². The van der Waals surface area contributed by atoms with Gasteiger partial charge in [-0.3, -0.25) is 14.3 Å². The van der Waals surface area contributed by atoms with E-state index in [1.807, 2.05) is 0 Å². The van der Waals surface area contributed by atoms with E-state index in [1.54, 1.807) is 48.5 Å². The highest BCUT2D eigenvalue weighted by Gasteiger charge is 2.36. The molecule has 2 atom stereocenters. The van der Waals surface area contributed by atoms with Crippen molar-refractivity contribution in [3.8, 4) is 11.5 Å². The smallest absolute Gasteiger partial charge is 0.294 e. The summed E-state index contributed by atoms with van der Waals surface area (Å²) in [6.45, 7) is 0. The molecule has 2 aromatic rings. The highest BCUT2D eigenvalue weighted by molar-refractivity contribution is 5.99. The van der Waals surface area contributed by atoms with Gasteiger partial charge in [0.25, 0.3) is 24.4 Å². The lowest BCUT2D eigenvalue weighted by Gasteiger charge is -2.30. The second-order valence-corrected chi connectivity index (χ2v) is 5.01. The van der Waals surface area contributed by atoms with Crippen LogP contribution in [0.2, 0.25) is 0 Å². The van der Waals surface area contributed by atoms with Gasteiger partial charge in [0.05, 0.1) is 11.4 Å². The molecule has 0 saturated carbocycles. The first-order chi connectivity index (χ1) is 11.2. The molecule has 0 fully saturated rings. The molecule has 2 aliphatic rings. The third-order valence-corrected chi connectivity index (χ3v) is 3.43. The molecule has 2 aromatic carbocycles. The zero-order chi connectivity index (χ0) is 15.8. The van der Waals surface area contributed by atoms with Gasteiger partial charge in [0, 0.05) is 0 Å². The molecule has 23 heavy (non-hydrogen) atoms. The summed E-state index contributed by atoms with van der Waals surface area (Å²) in [4.78, 5) is 24.1. The second-order valence-electron chi connectivity index (χ2n) is 5.01.